The fourth-order valence-corrected chi connectivity index (χ4v) is 2.02. The van der Waals surface area contributed by atoms with E-state index >= 15 is 0 Å². The summed E-state index contributed by atoms with van der Waals surface area (Å²) >= 11 is 0. The highest BCUT2D eigenvalue weighted by molar-refractivity contribution is 6.46. The van der Waals surface area contributed by atoms with E-state index in [9.17, 15) is 0 Å². The third kappa shape index (κ3) is 14.3. The lowest BCUT2D eigenvalue weighted by molar-refractivity contribution is 0.812. The van der Waals surface area contributed by atoms with E-state index in [0.29, 0.717) is 0 Å². The van der Waals surface area contributed by atoms with Crippen molar-refractivity contribution in [2.75, 3.05) is 0 Å². The first-order valence-electron chi connectivity index (χ1n) is 9.52. The molecule has 0 unspecified atom stereocenters. The van der Waals surface area contributed by atoms with Gasteiger partial charge in [-0.2, -0.15) is 0 Å². The van der Waals surface area contributed by atoms with Crippen molar-refractivity contribution < 1.29 is 0 Å². The molecule has 0 fully saturated rings. The molecule has 0 saturated heterocycles. The summed E-state index contributed by atoms with van der Waals surface area (Å²) in [6.45, 7) is 4.09. The van der Waals surface area contributed by atoms with Gasteiger partial charge in [-0.25, -0.2) is 0 Å². The molecule has 28 heavy (non-hydrogen) atoms. The number of hydrogen-bond donors (Lipinski definition) is 0. The molecular formula is C20H24B8. The summed E-state index contributed by atoms with van der Waals surface area (Å²) < 4.78 is 0. The van der Waals surface area contributed by atoms with Gasteiger partial charge in [0, 0.05) is 0 Å². The molecule has 0 rings (SSSR count). The quantitative estimate of drug-likeness (QED) is 0.288. The lowest BCUT2D eigenvalue weighted by Gasteiger charge is -2.25. The van der Waals surface area contributed by atoms with Crippen LogP contribution in [0.3, 0.4) is 0 Å². The van der Waals surface area contributed by atoms with Gasteiger partial charge in [0.2, 0.25) is 0 Å². The van der Waals surface area contributed by atoms with Gasteiger partial charge in [0.05, 0.1) is 62.8 Å². The molecule has 0 aromatic heterocycles. The van der Waals surface area contributed by atoms with Crippen LogP contribution in [0.25, 0.3) is 0 Å². The summed E-state index contributed by atoms with van der Waals surface area (Å²) in [7, 11) is 47.9. The summed E-state index contributed by atoms with van der Waals surface area (Å²) in [6, 6.07) is 0. The summed E-state index contributed by atoms with van der Waals surface area (Å²) in [6.07, 6.45) is 20.0. The van der Waals surface area contributed by atoms with Crippen LogP contribution >= 0.6 is 0 Å². The molecule has 0 aromatic carbocycles. The second kappa shape index (κ2) is 12.0. The van der Waals surface area contributed by atoms with Crippen molar-refractivity contribution in [1.82, 2.24) is 0 Å². The fraction of sp³-hybridized carbons (Fsp3) is 0.500. The van der Waals surface area contributed by atoms with Crippen molar-refractivity contribution in [3.63, 3.8) is 0 Å². The highest BCUT2D eigenvalue weighted by Gasteiger charge is 2.16. The molecule has 16 radical (unpaired) electrons. The largest absolute Gasteiger partial charge is 0.0964 e. The van der Waals surface area contributed by atoms with E-state index in [2.05, 4.69) is 6.92 Å². The third-order valence-electron chi connectivity index (χ3n) is 3.76. The molecule has 128 valence electrons. The molecule has 0 aliphatic carbocycles. The molecular weight excluding hydrogens is 327 g/mol. The van der Waals surface area contributed by atoms with Gasteiger partial charge in [0.25, 0.3) is 0 Å². The highest BCUT2D eigenvalue weighted by Crippen LogP contribution is 2.31. The maximum absolute atomic E-state index is 6.03. The molecule has 0 aromatic rings. The van der Waals surface area contributed by atoms with E-state index in [4.69, 9.17) is 62.8 Å². The predicted molar refractivity (Wildman–Crippen MR) is 132 cm³/mol. The van der Waals surface area contributed by atoms with Gasteiger partial charge < -0.3 is 0 Å². The number of allylic oxidation sites excluding steroid dienone is 10. The van der Waals surface area contributed by atoms with Crippen LogP contribution in [0.15, 0.2) is 60.8 Å². The molecule has 0 N–H and O–H groups in total. The van der Waals surface area contributed by atoms with E-state index in [-0.39, 0.29) is 0 Å². The molecule has 0 atom stereocenters. The normalized spacial score (nSPS) is 15.1. The average Bonchev–Trinajstić information content (AvgIpc) is 2.60. The Hall–Kier alpha value is -0.781. The number of unbranched alkanes of at least 4 members (excludes halogenated alkanes) is 2. The molecule has 0 amide bonds. The van der Waals surface area contributed by atoms with E-state index in [1.807, 2.05) is 19.1 Å². The Bertz CT molecular complexity index is 595. The van der Waals surface area contributed by atoms with Crippen LogP contribution in [0.2, 0.25) is 20.9 Å². The van der Waals surface area contributed by atoms with Gasteiger partial charge in [0.15, 0.2) is 0 Å². The van der Waals surface area contributed by atoms with Crippen LogP contribution in [0, 0.1) is 0 Å². The van der Waals surface area contributed by atoms with Crippen molar-refractivity contribution in [3.05, 3.63) is 60.8 Å². The van der Waals surface area contributed by atoms with Gasteiger partial charge in [-0.1, -0.05) is 108 Å². The zero-order valence-corrected chi connectivity index (χ0v) is 17.2. The van der Waals surface area contributed by atoms with Gasteiger partial charge in [-0.05, 0) is 12.8 Å². The lowest BCUT2D eigenvalue weighted by atomic mass is 9.47. The van der Waals surface area contributed by atoms with E-state index in [1.165, 1.54) is 36.5 Å². The molecule has 0 bridgehead atoms. The fourth-order valence-electron chi connectivity index (χ4n) is 2.02. The van der Waals surface area contributed by atoms with Crippen molar-refractivity contribution in [3.8, 4) is 0 Å². The maximum Gasteiger partial charge on any atom is 0.0728 e. The first kappa shape index (κ1) is 27.2. The van der Waals surface area contributed by atoms with Gasteiger partial charge in [0.1, 0.15) is 0 Å². The van der Waals surface area contributed by atoms with Gasteiger partial charge >= 0.3 is 0 Å². The van der Waals surface area contributed by atoms with Gasteiger partial charge in [-0.3, -0.25) is 0 Å². The number of rotatable bonds is 12. The van der Waals surface area contributed by atoms with Crippen LogP contribution in [-0.4, -0.2) is 62.8 Å². The second-order valence-corrected chi connectivity index (χ2v) is 7.36. The van der Waals surface area contributed by atoms with Gasteiger partial charge in [-0.15, -0.1) is 0 Å². The Morgan fingerprint density at radius 1 is 0.500 bits per heavy atom. The maximum atomic E-state index is 6.03. The van der Waals surface area contributed by atoms with Crippen LogP contribution in [-0.2, 0) is 0 Å². The van der Waals surface area contributed by atoms with Crippen molar-refractivity contribution in [1.29, 1.82) is 0 Å². The molecule has 0 aliphatic rings. The Morgan fingerprint density at radius 2 is 0.821 bits per heavy atom. The molecule has 8 heteroatoms. The van der Waals surface area contributed by atoms with E-state index < -0.39 is 20.9 Å². The van der Waals surface area contributed by atoms with Crippen molar-refractivity contribution in [2.24, 2.45) is 0 Å². The number of hydrogen-bond acceptors (Lipinski definition) is 0. The molecule has 0 aliphatic heterocycles. The summed E-state index contributed by atoms with van der Waals surface area (Å²) in [5, 5.41) is -4.99. The predicted octanol–water partition coefficient (Wildman–Crippen LogP) is 3.18. The summed E-state index contributed by atoms with van der Waals surface area (Å²) in [5.41, 5.74) is 0. The van der Waals surface area contributed by atoms with Crippen molar-refractivity contribution in [2.45, 2.75) is 60.4 Å². The minimum atomic E-state index is -1.34. The zero-order chi connectivity index (χ0) is 21.9. The van der Waals surface area contributed by atoms with Crippen LogP contribution in [0.1, 0.15) is 39.5 Å². The van der Waals surface area contributed by atoms with Crippen LogP contribution in [0.5, 0.6) is 0 Å². The molecule has 0 spiro atoms. The first-order chi connectivity index (χ1) is 12.7. The summed E-state index contributed by atoms with van der Waals surface area (Å²) in [4.78, 5) is 0. The second-order valence-electron chi connectivity index (χ2n) is 7.36. The van der Waals surface area contributed by atoms with Crippen LogP contribution in [0.4, 0.5) is 0 Å². The highest BCUT2D eigenvalue weighted by atomic mass is 14.1. The van der Waals surface area contributed by atoms with E-state index in [0.717, 1.165) is 25.7 Å². The standard InChI is InChI=1S/C20H24B8/c1-3-5-7-8-10-18(23,24)12-14-20(27,28)16-15-19(25,26)13-11-17(21,22)9-6-4-2/h6,8-16H,3-5,7H2,1-2H3/b9-6-,10-8-,13-11-,14-12-,16-15-. The molecule has 0 heterocycles. The third-order valence-corrected chi connectivity index (χ3v) is 3.76. The molecule has 0 saturated carbocycles. The Morgan fingerprint density at radius 3 is 1.14 bits per heavy atom. The smallest absolute Gasteiger partial charge is 0.0728 e. The molecule has 0 nitrogen and oxygen atoms in total. The Balaban J connectivity index is 5.07. The van der Waals surface area contributed by atoms with E-state index in [1.54, 1.807) is 12.2 Å². The average molecular weight is 351 g/mol. The first-order valence-corrected chi connectivity index (χ1v) is 9.52. The Labute approximate surface area is 183 Å². The monoisotopic (exact) mass is 352 g/mol. The summed E-state index contributed by atoms with van der Waals surface area (Å²) in [5.74, 6) is 0. The lowest BCUT2D eigenvalue weighted by Crippen LogP contribution is -2.13. The minimum Gasteiger partial charge on any atom is -0.0964 e. The zero-order valence-electron chi connectivity index (χ0n) is 17.2. The SMILES string of the molecule is [B]C([B])(/C=C\CC)/C=C\C([B])([B])/C=C\C([B])([B])/C=C\C([B])([B])/C=C\CCCC. The topological polar surface area (TPSA) is 0 Å². The Kier molecular flexibility index (Phi) is 11.7. The van der Waals surface area contributed by atoms with Crippen LogP contribution < -0.4 is 0 Å². The minimum absolute atomic E-state index is 0.813. The van der Waals surface area contributed by atoms with Crippen molar-refractivity contribution >= 4 is 62.8 Å².